The first kappa shape index (κ1) is 28.6. The summed E-state index contributed by atoms with van der Waals surface area (Å²) < 4.78 is 9.19. The topological polar surface area (TPSA) is 51.8 Å². The average Bonchev–Trinajstić information content (AvgIpc) is 3.77. The zero-order valence-corrected chi connectivity index (χ0v) is 27.6. The molecule has 10 aromatic rings. The highest BCUT2D eigenvalue weighted by molar-refractivity contribution is 7.26. The van der Waals surface area contributed by atoms with Crippen LogP contribution in [0.25, 0.3) is 98.5 Å². The summed E-state index contributed by atoms with van der Waals surface area (Å²) in [5.41, 5.74) is 9.06. The lowest BCUT2D eigenvalue weighted by molar-refractivity contribution is 0.670. The van der Waals surface area contributed by atoms with Gasteiger partial charge in [-0.2, -0.15) is 0 Å². The molecule has 0 aliphatic rings. The van der Waals surface area contributed by atoms with Gasteiger partial charge in [-0.1, -0.05) is 140 Å². The maximum Gasteiger partial charge on any atom is 0.164 e. The van der Waals surface area contributed by atoms with E-state index in [4.69, 9.17) is 19.4 Å². The summed E-state index contributed by atoms with van der Waals surface area (Å²) in [5, 5.41) is 4.65. The third-order valence-electron chi connectivity index (χ3n) is 9.37. The van der Waals surface area contributed by atoms with Crippen molar-refractivity contribution in [2.24, 2.45) is 0 Å². The Morgan fingerprint density at radius 3 is 1.68 bits per heavy atom. The fraction of sp³-hybridized carbons (Fsp3) is 0. The van der Waals surface area contributed by atoms with E-state index in [-0.39, 0.29) is 0 Å². The van der Waals surface area contributed by atoms with E-state index in [2.05, 4.69) is 115 Å². The van der Waals surface area contributed by atoms with Crippen molar-refractivity contribution in [2.45, 2.75) is 0 Å². The molecule has 0 amide bonds. The standard InChI is InChI=1S/C45H27N3OS/c1-3-11-28(12-4-1)29-21-23-31(24-22-29)44-46-43(30-13-5-2-6-14-30)47-45(48-44)32-25-26-39-38(27-32)35-17-9-16-34(41(35)49-39)37-19-10-18-36-33-15-7-8-20-40(33)50-42(36)37/h1-27H. The lowest BCUT2D eigenvalue weighted by Crippen LogP contribution is -2.00. The highest BCUT2D eigenvalue weighted by Crippen LogP contribution is 2.43. The summed E-state index contributed by atoms with van der Waals surface area (Å²) in [6.07, 6.45) is 0. The Labute approximate surface area is 292 Å². The molecule has 234 valence electrons. The van der Waals surface area contributed by atoms with E-state index in [1.807, 2.05) is 59.9 Å². The molecule has 3 heterocycles. The number of para-hydroxylation sites is 1. The minimum Gasteiger partial charge on any atom is -0.455 e. The normalized spacial score (nSPS) is 11.6. The van der Waals surface area contributed by atoms with Gasteiger partial charge < -0.3 is 4.42 Å². The summed E-state index contributed by atoms with van der Waals surface area (Å²) in [6, 6.07) is 56.7. The van der Waals surface area contributed by atoms with Crippen LogP contribution >= 0.6 is 11.3 Å². The first-order valence-electron chi connectivity index (χ1n) is 16.6. The van der Waals surface area contributed by atoms with E-state index < -0.39 is 0 Å². The molecule has 0 radical (unpaired) electrons. The highest BCUT2D eigenvalue weighted by Gasteiger charge is 2.18. The molecule has 5 heteroatoms. The lowest BCUT2D eigenvalue weighted by atomic mass is 10.00. The molecule has 0 atom stereocenters. The second-order valence-corrected chi connectivity index (χ2v) is 13.4. The van der Waals surface area contributed by atoms with Crippen molar-refractivity contribution in [3.8, 4) is 56.4 Å². The van der Waals surface area contributed by atoms with Crippen molar-refractivity contribution in [1.29, 1.82) is 0 Å². The van der Waals surface area contributed by atoms with Gasteiger partial charge in [0.05, 0.1) is 0 Å². The Morgan fingerprint density at radius 1 is 0.380 bits per heavy atom. The average molecular weight is 658 g/mol. The Morgan fingerprint density at radius 2 is 0.920 bits per heavy atom. The number of thiophene rings is 1. The fourth-order valence-electron chi connectivity index (χ4n) is 6.90. The molecule has 0 saturated carbocycles. The van der Waals surface area contributed by atoms with Gasteiger partial charge in [-0.15, -0.1) is 11.3 Å². The van der Waals surface area contributed by atoms with Crippen LogP contribution in [0.2, 0.25) is 0 Å². The maximum atomic E-state index is 6.64. The Bertz CT molecular complexity index is 2860. The Balaban J connectivity index is 1.11. The molecule has 3 aromatic heterocycles. The molecule has 0 saturated heterocycles. The Hall–Kier alpha value is -6.43. The Kier molecular flexibility index (Phi) is 6.64. The van der Waals surface area contributed by atoms with E-state index in [9.17, 15) is 0 Å². The smallest absolute Gasteiger partial charge is 0.164 e. The van der Waals surface area contributed by atoms with Crippen LogP contribution < -0.4 is 0 Å². The van der Waals surface area contributed by atoms with Crippen molar-refractivity contribution >= 4 is 53.4 Å². The van der Waals surface area contributed by atoms with Crippen molar-refractivity contribution in [2.75, 3.05) is 0 Å². The summed E-state index contributed by atoms with van der Waals surface area (Å²) in [4.78, 5) is 15.0. The van der Waals surface area contributed by atoms with Gasteiger partial charge in [0.2, 0.25) is 0 Å². The van der Waals surface area contributed by atoms with Crippen LogP contribution in [0.3, 0.4) is 0 Å². The molecule has 10 rings (SSSR count). The third-order valence-corrected chi connectivity index (χ3v) is 10.6. The second-order valence-electron chi connectivity index (χ2n) is 12.4. The highest BCUT2D eigenvalue weighted by atomic mass is 32.1. The van der Waals surface area contributed by atoms with Gasteiger partial charge in [0.15, 0.2) is 17.5 Å². The molecule has 0 aliphatic carbocycles. The van der Waals surface area contributed by atoms with Crippen LogP contribution in [0.5, 0.6) is 0 Å². The van der Waals surface area contributed by atoms with E-state index in [0.717, 1.165) is 49.8 Å². The maximum absolute atomic E-state index is 6.64. The summed E-state index contributed by atoms with van der Waals surface area (Å²) >= 11 is 1.83. The van der Waals surface area contributed by atoms with Gasteiger partial charge >= 0.3 is 0 Å². The van der Waals surface area contributed by atoms with Crippen LogP contribution in [0.1, 0.15) is 0 Å². The summed E-state index contributed by atoms with van der Waals surface area (Å²) in [7, 11) is 0. The van der Waals surface area contributed by atoms with Gasteiger partial charge in [-0.3, -0.25) is 0 Å². The SMILES string of the molecule is c1ccc(-c2ccc(-c3nc(-c4ccccc4)nc(-c4ccc5oc6c(-c7cccc8c7sc7ccccc78)cccc6c5c4)n3)cc2)cc1. The van der Waals surface area contributed by atoms with Gasteiger partial charge in [0, 0.05) is 58.8 Å². The number of furan rings is 1. The van der Waals surface area contributed by atoms with Crippen molar-refractivity contribution in [3.63, 3.8) is 0 Å². The van der Waals surface area contributed by atoms with E-state index in [1.54, 1.807) is 0 Å². The van der Waals surface area contributed by atoms with Crippen LogP contribution in [0, 0.1) is 0 Å². The van der Waals surface area contributed by atoms with Gasteiger partial charge in [0.25, 0.3) is 0 Å². The van der Waals surface area contributed by atoms with Gasteiger partial charge in [0.1, 0.15) is 11.2 Å². The largest absolute Gasteiger partial charge is 0.455 e. The van der Waals surface area contributed by atoms with Crippen LogP contribution in [-0.2, 0) is 0 Å². The molecule has 50 heavy (non-hydrogen) atoms. The van der Waals surface area contributed by atoms with E-state index in [1.165, 1.54) is 31.3 Å². The predicted molar refractivity (Wildman–Crippen MR) is 207 cm³/mol. The zero-order chi connectivity index (χ0) is 33.0. The predicted octanol–water partition coefficient (Wildman–Crippen LogP) is 12.5. The molecule has 0 unspecified atom stereocenters. The molecule has 4 nitrogen and oxygen atoms in total. The quantitative estimate of drug-likeness (QED) is 0.185. The monoisotopic (exact) mass is 657 g/mol. The molecular formula is C45H27N3OS. The molecule has 0 aliphatic heterocycles. The number of nitrogens with zero attached hydrogens (tertiary/aromatic N) is 3. The first-order chi connectivity index (χ1) is 24.8. The third kappa shape index (κ3) is 4.79. The molecular weight excluding hydrogens is 631 g/mol. The van der Waals surface area contributed by atoms with Crippen molar-refractivity contribution in [1.82, 2.24) is 15.0 Å². The minimum absolute atomic E-state index is 0.614. The number of aromatic nitrogens is 3. The van der Waals surface area contributed by atoms with Gasteiger partial charge in [-0.25, -0.2) is 15.0 Å². The number of benzene rings is 7. The van der Waals surface area contributed by atoms with E-state index in [0.29, 0.717) is 17.5 Å². The number of rotatable bonds is 5. The van der Waals surface area contributed by atoms with Crippen LogP contribution in [0.15, 0.2) is 168 Å². The lowest BCUT2D eigenvalue weighted by Gasteiger charge is -2.09. The molecule has 0 fully saturated rings. The van der Waals surface area contributed by atoms with Crippen LogP contribution in [0.4, 0.5) is 0 Å². The van der Waals surface area contributed by atoms with E-state index >= 15 is 0 Å². The summed E-state index contributed by atoms with van der Waals surface area (Å²) in [6.45, 7) is 0. The zero-order valence-electron chi connectivity index (χ0n) is 26.7. The van der Waals surface area contributed by atoms with Crippen molar-refractivity contribution < 1.29 is 4.42 Å². The summed E-state index contributed by atoms with van der Waals surface area (Å²) in [5.74, 6) is 1.88. The first-order valence-corrected chi connectivity index (χ1v) is 17.4. The van der Waals surface area contributed by atoms with Gasteiger partial charge in [-0.05, 0) is 35.4 Å². The van der Waals surface area contributed by atoms with Crippen molar-refractivity contribution in [3.05, 3.63) is 164 Å². The number of hydrogen-bond acceptors (Lipinski definition) is 5. The second kappa shape index (κ2) is 11.6. The van der Waals surface area contributed by atoms with Crippen LogP contribution in [-0.4, -0.2) is 15.0 Å². The molecule has 0 spiro atoms. The number of hydrogen-bond donors (Lipinski definition) is 0. The fourth-order valence-corrected chi connectivity index (χ4v) is 8.13. The number of fused-ring (bicyclic) bond motifs is 6. The molecule has 7 aromatic carbocycles. The molecule has 0 bridgehead atoms. The minimum atomic E-state index is 0.614. The molecule has 0 N–H and O–H groups in total.